The monoisotopic (exact) mass is 240 g/mol. The Kier molecular flexibility index (Phi) is 7.14. The van der Waals surface area contributed by atoms with Gasteiger partial charge >= 0.3 is 0 Å². The molecule has 0 aromatic rings. The minimum Gasteiger partial charge on any atom is -0.316 e. The van der Waals surface area contributed by atoms with Crippen LogP contribution < -0.4 is 5.32 Å². The highest BCUT2D eigenvalue weighted by atomic mass is 15.1. The number of rotatable bonds is 7. The second-order valence-corrected chi connectivity index (χ2v) is 6.26. The molecule has 0 aromatic heterocycles. The summed E-state index contributed by atoms with van der Waals surface area (Å²) in [5.74, 6) is 1.67. The molecule has 1 aliphatic rings. The number of nitrogens with one attached hydrogen (secondary N) is 1. The molecule has 2 atom stereocenters. The lowest BCUT2D eigenvalue weighted by Crippen LogP contribution is -2.40. The van der Waals surface area contributed by atoms with E-state index in [2.05, 4.69) is 38.0 Å². The van der Waals surface area contributed by atoms with Crippen LogP contribution in [0.5, 0.6) is 0 Å². The van der Waals surface area contributed by atoms with Crippen LogP contribution in [0.25, 0.3) is 0 Å². The van der Waals surface area contributed by atoms with Gasteiger partial charge in [0.15, 0.2) is 0 Å². The van der Waals surface area contributed by atoms with Crippen molar-refractivity contribution in [3.05, 3.63) is 0 Å². The van der Waals surface area contributed by atoms with Crippen LogP contribution >= 0.6 is 0 Å². The standard InChI is InChI=1S/C15H32N2/c1-13(2)12-16-10-7-11-17(4)15-9-6-5-8-14(15)3/h13-16H,5-12H2,1-4H3. The lowest BCUT2D eigenvalue weighted by Gasteiger charge is -2.36. The molecule has 0 aliphatic heterocycles. The highest BCUT2D eigenvalue weighted by Crippen LogP contribution is 2.27. The smallest absolute Gasteiger partial charge is 0.0118 e. The van der Waals surface area contributed by atoms with Crippen LogP contribution in [0.3, 0.4) is 0 Å². The van der Waals surface area contributed by atoms with Gasteiger partial charge in [-0.2, -0.15) is 0 Å². The Morgan fingerprint density at radius 2 is 1.94 bits per heavy atom. The van der Waals surface area contributed by atoms with Crippen molar-refractivity contribution in [1.29, 1.82) is 0 Å². The molecule has 102 valence electrons. The highest BCUT2D eigenvalue weighted by molar-refractivity contribution is 4.79. The van der Waals surface area contributed by atoms with Crippen molar-refractivity contribution in [2.45, 2.75) is 58.9 Å². The summed E-state index contributed by atoms with van der Waals surface area (Å²) in [4.78, 5) is 2.60. The molecule has 1 fully saturated rings. The molecule has 0 radical (unpaired) electrons. The van der Waals surface area contributed by atoms with E-state index in [1.807, 2.05) is 0 Å². The molecule has 0 saturated heterocycles. The summed E-state index contributed by atoms with van der Waals surface area (Å²) in [5.41, 5.74) is 0. The molecule has 1 N–H and O–H groups in total. The lowest BCUT2D eigenvalue weighted by molar-refractivity contribution is 0.138. The summed E-state index contributed by atoms with van der Waals surface area (Å²) < 4.78 is 0. The SMILES string of the molecule is CC(C)CNCCCN(C)C1CCCCC1C. The number of hydrogen-bond donors (Lipinski definition) is 1. The average molecular weight is 240 g/mol. The molecule has 0 bridgehead atoms. The fraction of sp³-hybridized carbons (Fsp3) is 1.00. The van der Waals surface area contributed by atoms with Crippen molar-refractivity contribution >= 4 is 0 Å². The van der Waals surface area contributed by atoms with Gasteiger partial charge in [-0.3, -0.25) is 0 Å². The van der Waals surface area contributed by atoms with Gasteiger partial charge in [0.2, 0.25) is 0 Å². The third-order valence-electron chi connectivity index (χ3n) is 4.05. The van der Waals surface area contributed by atoms with E-state index in [0.29, 0.717) is 0 Å². The summed E-state index contributed by atoms with van der Waals surface area (Å²) in [5, 5.41) is 3.53. The van der Waals surface area contributed by atoms with Crippen molar-refractivity contribution in [2.75, 3.05) is 26.7 Å². The van der Waals surface area contributed by atoms with Gasteiger partial charge in [0.05, 0.1) is 0 Å². The van der Waals surface area contributed by atoms with Crippen LogP contribution in [-0.4, -0.2) is 37.6 Å². The molecule has 1 saturated carbocycles. The van der Waals surface area contributed by atoms with Gasteiger partial charge in [-0.15, -0.1) is 0 Å². The first-order valence-corrected chi connectivity index (χ1v) is 7.52. The number of hydrogen-bond acceptors (Lipinski definition) is 2. The number of nitrogens with zero attached hydrogens (tertiary/aromatic N) is 1. The fourth-order valence-corrected chi connectivity index (χ4v) is 2.96. The third kappa shape index (κ3) is 5.87. The van der Waals surface area contributed by atoms with Gasteiger partial charge in [0.25, 0.3) is 0 Å². The zero-order chi connectivity index (χ0) is 12.7. The van der Waals surface area contributed by atoms with Gasteiger partial charge in [0, 0.05) is 6.04 Å². The molecule has 0 amide bonds. The molecular weight excluding hydrogens is 208 g/mol. The Hall–Kier alpha value is -0.0800. The molecule has 0 heterocycles. The minimum atomic E-state index is 0.770. The van der Waals surface area contributed by atoms with Crippen molar-refractivity contribution in [3.63, 3.8) is 0 Å². The Morgan fingerprint density at radius 3 is 2.59 bits per heavy atom. The zero-order valence-electron chi connectivity index (χ0n) is 12.3. The van der Waals surface area contributed by atoms with E-state index in [0.717, 1.165) is 24.4 Å². The lowest BCUT2D eigenvalue weighted by atomic mass is 9.85. The first-order chi connectivity index (χ1) is 8.11. The summed E-state index contributed by atoms with van der Waals surface area (Å²) in [7, 11) is 2.31. The summed E-state index contributed by atoms with van der Waals surface area (Å²) in [6.45, 7) is 10.5. The normalized spacial score (nSPS) is 25.8. The van der Waals surface area contributed by atoms with E-state index < -0.39 is 0 Å². The Balaban J connectivity index is 2.09. The quantitative estimate of drug-likeness (QED) is 0.688. The first-order valence-electron chi connectivity index (χ1n) is 7.52. The van der Waals surface area contributed by atoms with Crippen molar-refractivity contribution < 1.29 is 0 Å². The molecule has 1 aliphatic carbocycles. The molecule has 2 unspecified atom stereocenters. The molecule has 2 nitrogen and oxygen atoms in total. The van der Waals surface area contributed by atoms with E-state index in [-0.39, 0.29) is 0 Å². The fourth-order valence-electron chi connectivity index (χ4n) is 2.96. The van der Waals surface area contributed by atoms with Gasteiger partial charge in [-0.1, -0.05) is 33.6 Å². The summed E-state index contributed by atoms with van der Waals surface area (Å²) in [6.07, 6.45) is 7.01. The highest BCUT2D eigenvalue weighted by Gasteiger charge is 2.24. The van der Waals surface area contributed by atoms with Crippen LogP contribution in [-0.2, 0) is 0 Å². The third-order valence-corrected chi connectivity index (χ3v) is 4.05. The Bertz CT molecular complexity index is 191. The first kappa shape index (κ1) is 15.0. The van der Waals surface area contributed by atoms with Crippen LogP contribution in [0.2, 0.25) is 0 Å². The van der Waals surface area contributed by atoms with Gasteiger partial charge < -0.3 is 10.2 Å². The maximum absolute atomic E-state index is 3.53. The van der Waals surface area contributed by atoms with E-state index in [1.165, 1.54) is 45.2 Å². The van der Waals surface area contributed by atoms with Crippen molar-refractivity contribution in [3.8, 4) is 0 Å². The van der Waals surface area contributed by atoms with Crippen LogP contribution in [0.4, 0.5) is 0 Å². The van der Waals surface area contributed by atoms with Gasteiger partial charge in [-0.05, 0) is 57.8 Å². The Morgan fingerprint density at radius 1 is 1.24 bits per heavy atom. The second kappa shape index (κ2) is 8.10. The van der Waals surface area contributed by atoms with Crippen LogP contribution in [0.15, 0.2) is 0 Å². The maximum Gasteiger partial charge on any atom is 0.0118 e. The van der Waals surface area contributed by atoms with E-state index in [4.69, 9.17) is 0 Å². The second-order valence-electron chi connectivity index (χ2n) is 6.26. The van der Waals surface area contributed by atoms with E-state index in [9.17, 15) is 0 Å². The van der Waals surface area contributed by atoms with Crippen molar-refractivity contribution in [2.24, 2.45) is 11.8 Å². The molecular formula is C15H32N2. The van der Waals surface area contributed by atoms with E-state index in [1.54, 1.807) is 0 Å². The predicted octanol–water partition coefficient (Wildman–Crippen LogP) is 3.13. The molecule has 2 heteroatoms. The molecule has 0 spiro atoms. The largest absolute Gasteiger partial charge is 0.316 e. The molecule has 1 rings (SSSR count). The average Bonchev–Trinajstić information content (AvgIpc) is 2.28. The Labute approximate surface area is 108 Å². The minimum absolute atomic E-state index is 0.770. The van der Waals surface area contributed by atoms with Gasteiger partial charge in [0.1, 0.15) is 0 Å². The summed E-state index contributed by atoms with van der Waals surface area (Å²) in [6, 6.07) is 0.842. The molecule has 0 aromatic carbocycles. The topological polar surface area (TPSA) is 15.3 Å². The predicted molar refractivity (Wildman–Crippen MR) is 76.4 cm³/mol. The van der Waals surface area contributed by atoms with E-state index >= 15 is 0 Å². The maximum atomic E-state index is 3.53. The van der Waals surface area contributed by atoms with Crippen LogP contribution in [0, 0.1) is 11.8 Å². The zero-order valence-corrected chi connectivity index (χ0v) is 12.3. The van der Waals surface area contributed by atoms with Crippen molar-refractivity contribution in [1.82, 2.24) is 10.2 Å². The van der Waals surface area contributed by atoms with Gasteiger partial charge in [-0.25, -0.2) is 0 Å². The summed E-state index contributed by atoms with van der Waals surface area (Å²) >= 11 is 0. The molecule has 17 heavy (non-hydrogen) atoms. The van der Waals surface area contributed by atoms with Crippen LogP contribution in [0.1, 0.15) is 52.9 Å².